The summed E-state index contributed by atoms with van der Waals surface area (Å²) >= 11 is 0. The second kappa shape index (κ2) is 7.09. The average molecular weight is 352 g/mol. The van der Waals surface area contributed by atoms with Crippen molar-refractivity contribution in [2.45, 2.75) is 18.6 Å². The Kier molecular flexibility index (Phi) is 4.49. The van der Waals surface area contributed by atoms with Crippen LogP contribution < -0.4 is 10.2 Å². The summed E-state index contributed by atoms with van der Waals surface area (Å²) < 4.78 is 5.51. The monoisotopic (exact) mass is 352 g/mol. The predicted molar refractivity (Wildman–Crippen MR) is 97.0 cm³/mol. The first-order chi connectivity index (χ1) is 12.7. The molecular formula is C18H20N6O2. The Balaban J connectivity index is 1.45. The molecule has 8 nitrogen and oxygen atoms in total. The molecule has 134 valence electrons. The van der Waals surface area contributed by atoms with Crippen LogP contribution in [0, 0.1) is 0 Å². The number of rotatable bonds is 5. The summed E-state index contributed by atoms with van der Waals surface area (Å²) in [7, 11) is 1.71. The van der Waals surface area contributed by atoms with Gasteiger partial charge in [-0.25, -0.2) is 15.0 Å². The van der Waals surface area contributed by atoms with E-state index in [1.165, 1.54) is 6.33 Å². The van der Waals surface area contributed by atoms with Crippen LogP contribution >= 0.6 is 0 Å². The Bertz CT molecular complexity index is 897. The van der Waals surface area contributed by atoms with E-state index in [0.717, 1.165) is 29.8 Å². The number of nitrogens with one attached hydrogen (secondary N) is 2. The highest BCUT2D eigenvalue weighted by Crippen LogP contribution is 2.24. The highest BCUT2D eigenvalue weighted by molar-refractivity contribution is 5.96. The molecule has 1 saturated heterocycles. The maximum absolute atomic E-state index is 12.5. The molecule has 3 aromatic rings. The zero-order chi connectivity index (χ0) is 17.9. The summed E-state index contributed by atoms with van der Waals surface area (Å²) in [6.07, 6.45) is 7.59. The normalized spacial score (nSPS) is 19.8. The van der Waals surface area contributed by atoms with Gasteiger partial charge in [-0.3, -0.25) is 4.79 Å². The molecule has 4 heterocycles. The lowest BCUT2D eigenvalue weighted by Gasteiger charge is -2.25. The van der Waals surface area contributed by atoms with Crippen LogP contribution in [0.2, 0.25) is 0 Å². The van der Waals surface area contributed by atoms with Gasteiger partial charge in [0.05, 0.1) is 17.7 Å². The molecule has 0 aromatic carbocycles. The fourth-order valence-electron chi connectivity index (χ4n) is 3.35. The standard InChI is InChI=1S/C18H20N6O2/c1-26-15-7-14(24(10-15)16-3-4-19-11-23-16)9-22-18(25)13-6-12-2-5-20-17(12)21-8-13/h2-6,8,11,14-15H,7,9-10H2,1H3,(H,20,21)(H,22,25)/t14-,15-/m1/s1. The van der Waals surface area contributed by atoms with Crippen molar-refractivity contribution in [3.63, 3.8) is 0 Å². The van der Waals surface area contributed by atoms with E-state index < -0.39 is 0 Å². The van der Waals surface area contributed by atoms with Gasteiger partial charge in [0, 0.05) is 44.2 Å². The van der Waals surface area contributed by atoms with Crippen molar-refractivity contribution >= 4 is 22.8 Å². The number of ether oxygens (including phenoxy) is 1. The fraction of sp³-hybridized carbons (Fsp3) is 0.333. The van der Waals surface area contributed by atoms with Crippen LogP contribution in [0.25, 0.3) is 11.0 Å². The highest BCUT2D eigenvalue weighted by atomic mass is 16.5. The first-order valence-electron chi connectivity index (χ1n) is 8.51. The Morgan fingerprint density at radius 1 is 1.42 bits per heavy atom. The lowest BCUT2D eigenvalue weighted by molar-refractivity contribution is 0.0946. The summed E-state index contributed by atoms with van der Waals surface area (Å²) in [5, 5.41) is 3.93. The number of amides is 1. The summed E-state index contributed by atoms with van der Waals surface area (Å²) in [5.74, 6) is 0.707. The molecule has 0 radical (unpaired) electrons. The SMILES string of the molecule is CO[C@@H]1C[C@H](CNC(=O)c2cnc3[nH]ccc3c2)N(c2ccncn2)C1. The molecule has 1 aliphatic rings. The molecule has 0 spiro atoms. The number of hydrogen-bond acceptors (Lipinski definition) is 6. The molecule has 0 bridgehead atoms. The summed E-state index contributed by atoms with van der Waals surface area (Å²) in [5.41, 5.74) is 1.32. The number of aromatic nitrogens is 4. The minimum absolute atomic E-state index is 0.114. The Labute approximate surface area is 150 Å². The first kappa shape index (κ1) is 16.5. The van der Waals surface area contributed by atoms with E-state index >= 15 is 0 Å². The Morgan fingerprint density at radius 2 is 2.35 bits per heavy atom. The highest BCUT2D eigenvalue weighted by Gasteiger charge is 2.33. The molecule has 2 atom stereocenters. The van der Waals surface area contributed by atoms with Crippen LogP contribution in [-0.2, 0) is 4.74 Å². The Morgan fingerprint density at radius 3 is 3.15 bits per heavy atom. The number of methoxy groups -OCH3 is 1. The average Bonchev–Trinajstić information content (AvgIpc) is 3.32. The molecule has 0 saturated carbocycles. The molecular weight excluding hydrogens is 332 g/mol. The zero-order valence-electron chi connectivity index (χ0n) is 14.4. The van der Waals surface area contributed by atoms with Crippen molar-refractivity contribution in [1.29, 1.82) is 0 Å². The van der Waals surface area contributed by atoms with Crippen LogP contribution in [0.4, 0.5) is 5.82 Å². The van der Waals surface area contributed by atoms with Crippen molar-refractivity contribution in [3.8, 4) is 0 Å². The molecule has 3 aromatic heterocycles. The van der Waals surface area contributed by atoms with Crippen LogP contribution in [0.3, 0.4) is 0 Å². The minimum Gasteiger partial charge on any atom is -0.380 e. The van der Waals surface area contributed by atoms with Crippen LogP contribution in [0.1, 0.15) is 16.8 Å². The second-order valence-electron chi connectivity index (χ2n) is 6.32. The third-order valence-electron chi connectivity index (χ3n) is 4.73. The molecule has 26 heavy (non-hydrogen) atoms. The largest absolute Gasteiger partial charge is 0.380 e. The number of carbonyl (C=O) groups excluding carboxylic acids is 1. The molecule has 8 heteroatoms. The van der Waals surface area contributed by atoms with Gasteiger partial charge < -0.3 is 19.9 Å². The minimum atomic E-state index is -0.135. The third-order valence-corrected chi connectivity index (χ3v) is 4.73. The van der Waals surface area contributed by atoms with Gasteiger partial charge in [0.15, 0.2) is 0 Å². The van der Waals surface area contributed by atoms with E-state index in [1.54, 1.807) is 19.5 Å². The number of nitrogens with zero attached hydrogens (tertiary/aromatic N) is 4. The number of anilines is 1. The Hall–Kier alpha value is -3.00. The second-order valence-corrected chi connectivity index (χ2v) is 6.32. The number of aromatic amines is 1. The van der Waals surface area contributed by atoms with Gasteiger partial charge in [0.1, 0.15) is 17.8 Å². The van der Waals surface area contributed by atoms with E-state index in [4.69, 9.17) is 4.74 Å². The maximum atomic E-state index is 12.5. The van der Waals surface area contributed by atoms with E-state index in [0.29, 0.717) is 12.1 Å². The third kappa shape index (κ3) is 3.23. The molecule has 0 aliphatic carbocycles. The quantitative estimate of drug-likeness (QED) is 0.720. The predicted octanol–water partition coefficient (Wildman–Crippen LogP) is 1.38. The molecule has 0 unspecified atom stereocenters. The van der Waals surface area contributed by atoms with Crippen molar-refractivity contribution in [3.05, 3.63) is 48.7 Å². The van der Waals surface area contributed by atoms with Crippen LogP contribution in [-0.4, -0.2) is 58.2 Å². The number of hydrogen-bond donors (Lipinski definition) is 2. The van der Waals surface area contributed by atoms with E-state index in [9.17, 15) is 4.79 Å². The number of pyridine rings is 1. The molecule has 1 fully saturated rings. The molecule has 1 aliphatic heterocycles. The van der Waals surface area contributed by atoms with Crippen molar-refractivity contribution in [2.75, 3.05) is 25.1 Å². The topological polar surface area (TPSA) is 96.0 Å². The fourth-order valence-corrected chi connectivity index (χ4v) is 3.35. The van der Waals surface area contributed by atoms with Gasteiger partial charge in [-0.15, -0.1) is 0 Å². The van der Waals surface area contributed by atoms with E-state index in [-0.39, 0.29) is 18.1 Å². The summed E-state index contributed by atoms with van der Waals surface area (Å²) in [6, 6.07) is 5.72. The number of carbonyl (C=O) groups is 1. The lowest BCUT2D eigenvalue weighted by Crippen LogP contribution is -2.40. The van der Waals surface area contributed by atoms with Gasteiger partial charge in [-0.05, 0) is 24.6 Å². The summed E-state index contributed by atoms with van der Waals surface area (Å²) in [6.45, 7) is 1.25. The van der Waals surface area contributed by atoms with Crippen LogP contribution in [0.5, 0.6) is 0 Å². The lowest BCUT2D eigenvalue weighted by atomic mass is 10.2. The van der Waals surface area contributed by atoms with Gasteiger partial charge in [-0.1, -0.05) is 0 Å². The van der Waals surface area contributed by atoms with Crippen molar-refractivity contribution in [1.82, 2.24) is 25.3 Å². The zero-order valence-corrected chi connectivity index (χ0v) is 14.4. The van der Waals surface area contributed by atoms with Gasteiger partial charge >= 0.3 is 0 Å². The van der Waals surface area contributed by atoms with Crippen molar-refractivity contribution in [2.24, 2.45) is 0 Å². The number of fused-ring (bicyclic) bond motifs is 1. The summed E-state index contributed by atoms with van der Waals surface area (Å²) in [4.78, 5) is 30.3. The van der Waals surface area contributed by atoms with Crippen molar-refractivity contribution < 1.29 is 9.53 Å². The van der Waals surface area contributed by atoms with Gasteiger partial charge in [0.25, 0.3) is 5.91 Å². The number of H-pyrrole nitrogens is 1. The van der Waals surface area contributed by atoms with Gasteiger partial charge in [-0.2, -0.15) is 0 Å². The van der Waals surface area contributed by atoms with E-state index in [2.05, 4.69) is 30.2 Å². The molecule has 4 rings (SSSR count). The smallest absolute Gasteiger partial charge is 0.252 e. The molecule has 2 N–H and O–H groups in total. The van der Waals surface area contributed by atoms with Crippen LogP contribution in [0.15, 0.2) is 43.1 Å². The first-order valence-corrected chi connectivity index (χ1v) is 8.51. The molecule has 1 amide bonds. The van der Waals surface area contributed by atoms with Gasteiger partial charge in [0.2, 0.25) is 0 Å². The maximum Gasteiger partial charge on any atom is 0.252 e. The van der Waals surface area contributed by atoms with E-state index in [1.807, 2.05) is 24.4 Å².